The van der Waals surface area contributed by atoms with Gasteiger partial charge in [0.05, 0.1) is 11.6 Å². The summed E-state index contributed by atoms with van der Waals surface area (Å²) in [6, 6.07) is 20.7. The number of hydrogen-bond acceptors (Lipinski definition) is 3. The molecule has 0 aromatic heterocycles. The molecule has 1 N–H and O–H groups in total. The Kier molecular flexibility index (Phi) is 5.87. The molecule has 4 rings (SSSR count). The Bertz CT molecular complexity index is 1140. The third kappa shape index (κ3) is 4.23. The van der Waals surface area contributed by atoms with Crippen molar-refractivity contribution in [1.29, 1.82) is 0 Å². The van der Waals surface area contributed by atoms with E-state index in [1.54, 1.807) is 24.3 Å². The van der Waals surface area contributed by atoms with Crippen LogP contribution in [0.2, 0.25) is 5.02 Å². The third-order valence-corrected chi connectivity index (χ3v) is 5.58. The summed E-state index contributed by atoms with van der Waals surface area (Å²) in [5, 5.41) is 11.4. The Morgan fingerprint density at radius 2 is 1.58 bits per heavy atom. The van der Waals surface area contributed by atoms with E-state index in [0.717, 1.165) is 5.56 Å². The third-order valence-electron chi connectivity index (χ3n) is 5.33. The van der Waals surface area contributed by atoms with Gasteiger partial charge in [0, 0.05) is 17.1 Å². The standard InChI is InChI=1S/C25H19ClFNO3/c26-19-10-6-18(7-11-19)23(29)21-22(17-8-12-20(27)13-9-17)28(25(31)24(21)30)15-14-16-4-2-1-3-5-16/h1-13,22,29H,14-15H2. The highest BCUT2D eigenvalue weighted by atomic mass is 35.5. The highest BCUT2D eigenvalue weighted by molar-refractivity contribution is 6.46. The van der Waals surface area contributed by atoms with E-state index < -0.39 is 23.5 Å². The molecule has 1 heterocycles. The van der Waals surface area contributed by atoms with Crippen molar-refractivity contribution in [1.82, 2.24) is 4.90 Å². The Balaban J connectivity index is 1.78. The normalized spacial score (nSPS) is 17.9. The van der Waals surface area contributed by atoms with Crippen LogP contribution in [0, 0.1) is 5.82 Å². The highest BCUT2D eigenvalue weighted by Gasteiger charge is 2.45. The maximum Gasteiger partial charge on any atom is 0.295 e. The number of rotatable bonds is 5. The molecule has 1 fully saturated rings. The number of aliphatic hydroxyl groups excluding tert-OH is 1. The van der Waals surface area contributed by atoms with Crippen molar-refractivity contribution in [3.63, 3.8) is 0 Å². The molecule has 1 amide bonds. The molecule has 1 atom stereocenters. The first-order valence-corrected chi connectivity index (χ1v) is 10.2. The molecule has 3 aromatic carbocycles. The Labute approximate surface area is 184 Å². The molecule has 1 aliphatic rings. The van der Waals surface area contributed by atoms with Gasteiger partial charge in [0.1, 0.15) is 11.6 Å². The zero-order valence-corrected chi connectivity index (χ0v) is 17.2. The number of nitrogens with zero attached hydrogens (tertiary/aromatic N) is 1. The average Bonchev–Trinajstić information content (AvgIpc) is 3.04. The van der Waals surface area contributed by atoms with Crippen LogP contribution in [0.4, 0.5) is 4.39 Å². The molecule has 0 aliphatic carbocycles. The van der Waals surface area contributed by atoms with Crippen LogP contribution in [0.5, 0.6) is 0 Å². The van der Waals surface area contributed by atoms with Crippen molar-refractivity contribution in [2.45, 2.75) is 12.5 Å². The van der Waals surface area contributed by atoms with Gasteiger partial charge in [-0.15, -0.1) is 0 Å². The zero-order valence-electron chi connectivity index (χ0n) is 16.5. The topological polar surface area (TPSA) is 57.6 Å². The van der Waals surface area contributed by atoms with E-state index in [1.165, 1.54) is 29.2 Å². The second-order valence-electron chi connectivity index (χ2n) is 7.29. The van der Waals surface area contributed by atoms with Gasteiger partial charge >= 0.3 is 0 Å². The van der Waals surface area contributed by atoms with E-state index >= 15 is 0 Å². The fraction of sp³-hybridized carbons (Fsp3) is 0.120. The monoisotopic (exact) mass is 435 g/mol. The van der Waals surface area contributed by atoms with Crippen molar-refractivity contribution in [3.8, 4) is 0 Å². The van der Waals surface area contributed by atoms with Crippen LogP contribution in [0.3, 0.4) is 0 Å². The lowest BCUT2D eigenvalue weighted by Crippen LogP contribution is -2.31. The van der Waals surface area contributed by atoms with E-state index in [1.807, 2.05) is 30.3 Å². The number of benzene rings is 3. The second-order valence-corrected chi connectivity index (χ2v) is 7.72. The van der Waals surface area contributed by atoms with Gasteiger partial charge in [-0.1, -0.05) is 54.1 Å². The first-order valence-electron chi connectivity index (χ1n) is 9.79. The summed E-state index contributed by atoms with van der Waals surface area (Å²) in [5.41, 5.74) is 1.91. The minimum Gasteiger partial charge on any atom is -0.507 e. The molecule has 4 nitrogen and oxygen atoms in total. The summed E-state index contributed by atoms with van der Waals surface area (Å²) in [6.07, 6.45) is 0.534. The first kappa shape index (κ1) is 20.8. The summed E-state index contributed by atoms with van der Waals surface area (Å²) >= 11 is 5.93. The Morgan fingerprint density at radius 1 is 0.935 bits per heavy atom. The molecule has 6 heteroatoms. The van der Waals surface area contributed by atoms with Crippen molar-refractivity contribution in [2.24, 2.45) is 0 Å². The lowest BCUT2D eigenvalue weighted by molar-refractivity contribution is -0.139. The van der Waals surface area contributed by atoms with Crippen molar-refractivity contribution in [2.75, 3.05) is 6.54 Å². The van der Waals surface area contributed by atoms with Crippen LogP contribution >= 0.6 is 11.6 Å². The Hall–Kier alpha value is -3.44. The number of amides is 1. The molecule has 0 spiro atoms. The predicted octanol–water partition coefficient (Wildman–Crippen LogP) is 5.14. The van der Waals surface area contributed by atoms with E-state index in [9.17, 15) is 19.1 Å². The zero-order chi connectivity index (χ0) is 22.0. The molecule has 0 bridgehead atoms. The van der Waals surface area contributed by atoms with E-state index in [-0.39, 0.29) is 17.9 Å². The van der Waals surface area contributed by atoms with E-state index in [4.69, 9.17) is 11.6 Å². The van der Waals surface area contributed by atoms with Gasteiger partial charge < -0.3 is 10.0 Å². The minimum absolute atomic E-state index is 0.0213. The SMILES string of the molecule is O=C1C(=O)N(CCc2ccccc2)C(c2ccc(F)cc2)C1=C(O)c1ccc(Cl)cc1. The smallest absolute Gasteiger partial charge is 0.295 e. The lowest BCUT2D eigenvalue weighted by Gasteiger charge is -2.25. The molecule has 31 heavy (non-hydrogen) atoms. The van der Waals surface area contributed by atoms with Crippen LogP contribution in [0.15, 0.2) is 84.4 Å². The number of ketones is 1. The van der Waals surface area contributed by atoms with Gasteiger partial charge in [0.25, 0.3) is 11.7 Å². The van der Waals surface area contributed by atoms with Crippen LogP contribution in [0.1, 0.15) is 22.7 Å². The number of likely N-dealkylation sites (tertiary alicyclic amines) is 1. The second kappa shape index (κ2) is 8.74. The molecule has 3 aromatic rings. The average molecular weight is 436 g/mol. The van der Waals surface area contributed by atoms with Crippen LogP contribution < -0.4 is 0 Å². The van der Waals surface area contributed by atoms with Gasteiger partial charge in [0.15, 0.2) is 0 Å². The van der Waals surface area contributed by atoms with Crippen molar-refractivity contribution in [3.05, 3.63) is 112 Å². The number of Topliss-reactive ketones (excluding diaryl/α,β-unsaturated/α-hetero) is 1. The summed E-state index contributed by atoms with van der Waals surface area (Å²) in [4.78, 5) is 27.3. The fourth-order valence-corrected chi connectivity index (χ4v) is 3.89. The lowest BCUT2D eigenvalue weighted by atomic mass is 9.95. The molecule has 1 aliphatic heterocycles. The van der Waals surface area contributed by atoms with Crippen LogP contribution in [-0.2, 0) is 16.0 Å². The molecule has 1 saturated heterocycles. The van der Waals surface area contributed by atoms with Gasteiger partial charge in [0.2, 0.25) is 0 Å². The van der Waals surface area contributed by atoms with Crippen LogP contribution in [0.25, 0.3) is 5.76 Å². The molecular formula is C25H19ClFNO3. The molecule has 0 radical (unpaired) electrons. The summed E-state index contributed by atoms with van der Waals surface area (Å²) in [6.45, 7) is 0.272. The predicted molar refractivity (Wildman–Crippen MR) is 117 cm³/mol. The van der Waals surface area contributed by atoms with Gasteiger partial charge in [-0.3, -0.25) is 9.59 Å². The summed E-state index contributed by atoms with van der Waals surface area (Å²) < 4.78 is 13.5. The number of carbonyl (C=O) groups is 2. The number of halogens is 2. The Morgan fingerprint density at radius 3 is 2.23 bits per heavy atom. The number of aliphatic hydroxyl groups is 1. The fourth-order valence-electron chi connectivity index (χ4n) is 3.76. The molecular weight excluding hydrogens is 417 g/mol. The number of carbonyl (C=O) groups excluding carboxylic acids is 2. The highest BCUT2D eigenvalue weighted by Crippen LogP contribution is 2.39. The molecule has 156 valence electrons. The van der Waals surface area contributed by atoms with Crippen molar-refractivity contribution >= 4 is 29.1 Å². The summed E-state index contributed by atoms with van der Waals surface area (Å²) in [5.74, 6) is -2.18. The quantitative estimate of drug-likeness (QED) is 0.343. The molecule has 1 unspecified atom stereocenters. The van der Waals surface area contributed by atoms with Gasteiger partial charge in [-0.2, -0.15) is 0 Å². The van der Waals surface area contributed by atoms with Gasteiger partial charge in [-0.25, -0.2) is 4.39 Å². The maximum atomic E-state index is 13.5. The van der Waals surface area contributed by atoms with E-state index in [0.29, 0.717) is 22.6 Å². The van der Waals surface area contributed by atoms with Gasteiger partial charge in [-0.05, 0) is 53.9 Å². The van der Waals surface area contributed by atoms with E-state index in [2.05, 4.69) is 0 Å². The minimum atomic E-state index is -0.819. The summed E-state index contributed by atoms with van der Waals surface area (Å²) in [7, 11) is 0. The number of hydrogen-bond donors (Lipinski definition) is 1. The molecule has 0 saturated carbocycles. The van der Waals surface area contributed by atoms with Crippen LogP contribution in [-0.4, -0.2) is 28.2 Å². The maximum absolute atomic E-state index is 13.5. The first-order chi connectivity index (χ1) is 15.0. The largest absolute Gasteiger partial charge is 0.507 e. The van der Waals surface area contributed by atoms with Crippen molar-refractivity contribution < 1.29 is 19.1 Å².